The summed E-state index contributed by atoms with van der Waals surface area (Å²) in [4.78, 5) is 11.2. The van der Waals surface area contributed by atoms with Crippen molar-refractivity contribution < 1.29 is 22.7 Å². The van der Waals surface area contributed by atoms with E-state index in [1.165, 1.54) is 18.2 Å². The summed E-state index contributed by atoms with van der Waals surface area (Å²) in [6.45, 7) is 3.98. The maximum Gasteiger partial charge on any atom is 0.340 e. The molecule has 0 bridgehead atoms. The van der Waals surface area contributed by atoms with E-state index in [0.717, 1.165) is 19.3 Å². The van der Waals surface area contributed by atoms with E-state index in [2.05, 4.69) is 0 Å². The lowest BCUT2D eigenvalue weighted by Gasteiger charge is -2.17. The minimum atomic E-state index is -3.81. The highest BCUT2D eigenvalue weighted by Gasteiger charge is 2.44. The smallest absolute Gasteiger partial charge is 0.340 e. The summed E-state index contributed by atoms with van der Waals surface area (Å²) < 4.78 is 32.4. The van der Waals surface area contributed by atoms with Crippen molar-refractivity contribution in [3.05, 3.63) is 17.1 Å². The molecule has 1 saturated heterocycles. The van der Waals surface area contributed by atoms with Crippen LogP contribution in [0.1, 0.15) is 41.1 Å². The lowest BCUT2D eigenvalue weighted by atomic mass is 10.0. The number of hydrogen-bond donors (Lipinski definition) is 1. The summed E-state index contributed by atoms with van der Waals surface area (Å²) in [5.74, 6) is -0.134. The fraction of sp³-hybridized carbons (Fsp3) is 0.643. The molecule has 7 heteroatoms. The van der Waals surface area contributed by atoms with Crippen LogP contribution in [0, 0.1) is 25.7 Å². The van der Waals surface area contributed by atoms with Gasteiger partial charge in [0, 0.05) is 13.1 Å². The molecule has 0 unspecified atom stereocenters. The van der Waals surface area contributed by atoms with E-state index in [9.17, 15) is 18.3 Å². The quantitative estimate of drug-likeness (QED) is 0.922. The molecule has 2 fully saturated rings. The zero-order valence-corrected chi connectivity index (χ0v) is 12.9. The van der Waals surface area contributed by atoms with Gasteiger partial charge in [-0.05, 0) is 38.5 Å². The van der Waals surface area contributed by atoms with E-state index in [1.807, 2.05) is 0 Å². The van der Waals surface area contributed by atoms with Crippen LogP contribution in [0.25, 0.3) is 0 Å². The van der Waals surface area contributed by atoms with Gasteiger partial charge in [0.15, 0.2) is 0 Å². The summed E-state index contributed by atoms with van der Waals surface area (Å²) in [7, 11) is -3.81. The number of carbonyl (C=O) groups is 1. The molecule has 1 aliphatic heterocycles. The molecule has 6 nitrogen and oxygen atoms in total. The summed E-state index contributed by atoms with van der Waals surface area (Å²) in [5, 5.41) is 9.28. The minimum Gasteiger partial charge on any atom is -0.478 e. The van der Waals surface area contributed by atoms with Gasteiger partial charge >= 0.3 is 5.97 Å². The van der Waals surface area contributed by atoms with Gasteiger partial charge in [0.05, 0.1) is 0 Å². The van der Waals surface area contributed by atoms with Gasteiger partial charge in [-0.3, -0.25) is 0 Å². The second-order valence-electron chi connectivity index (χ2n) is 6.00. The van der Waals surface area contributed by atoms with Crippen molar-refractivity contribution in [1.29, 1.82) is 0 Å². The maximum atomic E-state index is 12.8. The van der Waals surface area contributed by atoms with E-state index in [1.54, 1.807) is 0 Å². The van der Waals surface area contributed by atoms with Crippen molar-refractivity contribution in [3.63, 3.8) is 0 Å². The van der Waals surface area contributed by atoms with Crippen LogP contribution < -0.4 is 0 Å². The Morgan fingerprint density at radius 1 is 1.19 bits per heavy atom. The second-order valence-corrected chi connectivity index (χ2v) is 7.87. The van der Waals surface area contributed by atoms with Crippen LogP contribution in [0.4, 0.5) is 0 Å². The summed E-state index contributed by atoms with van der Waals surface area (Å²) in [6.07, 6.45) is 3.28. The average molecular weight is 313 g/mol. The highest BCUT2D eigenvalue weighted by atomic mass is 32.2. The van der Waals surface area contributed by atoms with Gasteiger partial charge < -0.3 is 9.52 Å². The van der Waals surface area contributed by atoms with Gasteiger partial charge in [0.25, 0.3) is 0 Å². The zero-order chi connectivity index (χ0) is 15.4. The van der Waals surface area contributed by atoms with Crippen LogP contribution in [0.5, 0.6) is 0 Å². The molecule has 0 aromatic carbocycles. The monoisotopic (exact) mass is 313 g/mol. The number of nitrogens with zero attached hydrogens (tertiary/aromatic N) is 1. The number of rotatable bonds is 3. The molecule has 2 aliphatic rings. The van der Waals surface area contributed by atoms with Gasteiger partial charge in [-0.1, -0.05) is 6.42 Å². The molecule has 1 saturated carbocycles. The molecule has 2 heterocycles. The Labute approximate surface area is 123 Å². The molecule has 0 amide bonds. The fourth-order valence-corrected chi connectivity index (χ4v) is 5.67. The van der Waals surface area contributed by atoms with E-state index in [0.29, 0.717) is 24.9 Å². The van der Waals surface area contributed by atoms with E-state index < -0.39 is 16.0 Å². The Hall–Kier alpha value is -1.34. The number of fused-ring (bicyclic) bond motifs is 1. The predicted molar refractivity (Wildman–Crippen MR) is 74.7 cm³/mol. The largest absolute Gasteiger partial charge is 0.478 e. The summed E-state index contributed by atoms with van der Waals surface area (Å²) in [5.41, 5.74) is -0.232. The van der Waals surface area contributed by atoms with Crippen molar-refractivity contribution >= 4 is 16.0 Å². The third kappa shape index (κ3) is 2.19. The third-order valence-corrected chi connectivity index (χ3v) is 6.70. The molecule has 0 spiro atoms. The Morgan fingerprint density at radius 2 is 1.76 bits per heavy atom. The Morgan fingerprint density at radius 3 is 2.29 bits per heavy atom. The third-order valence-electron chi connectivity index (χ3n) is 4.71. The van der Waals surface area contributed by atoms with Gasteiger partial charge in [0.2, 0.25) is 10.0 Å². The highest BCUT2D eigenvalue weighted by Crippen LogP contribution is 2.41. The highest BCUT2D eigenvalue weighted by molar-refractivity contribution is 7.89. The van der Waals surface area contributed by atoms with Crippen LogP contribution in [0.3, 0.4) is 0 Å². The fourth-order valence-electron chi connectivity index (χ4n) is 3.74. The standard InChI is InChI=1S/C14H19NO5S/c1-8-12(14(16)17)13(9(2)20-8)21(18,19)15-6-10-4-3-5-11(10)7-15/h10-11H,3-7H2,1-2H3,(H,16,17)/t10-,11-/m1/s1. The molecule has 1 aliphatic carbocycles. The first-order valence-corrected chi connectivity index (χ1v) is 8.59. The number of carboxylic acids is 1. The Balaban J connectivity index is 2.02. The topological polar surface area (TPSA) is 87.8 Å². The predicted octanol–water partition coefficient (Wildman–Crippen LogP) is 2.02. The first kappa shape index (κ1) is 14.6. The second kappa shape index (κ2) is 4.84. The minimum absolute atomic E-state index is 0.137. The first-order valence-electron chi connectivity index (χ1n) is 7.15. The van der Waals surface area contributed by atoms with Gasteiger partial charge in [-0.2, -0.15) is 4.31 Å². The molecular formula is C14H19NO5S. The molecule has 116 valence electrons. The van der Waals surface area contributed by atoms with Crippen LogP contribution >= 0.6 is 0 Å². The first-order chi connectivity index (χ1) is 9.82. The molecule has 1 N–H and O–H groups in total. The molecule has 1 aromatic heterocycles. The van der Waals surface area contributed by atoms with Crippen LogP contribution in [0.2, 0.25) is 0 Å². The van der Waals surface area contributed by atoms with E-state index in [4.69, 9.17) is 4.42 Å². The van der Waals surface area contributed by atoms with Crippen molar-refractivity contribution in [3.8, 4) is 0 Å². The van der Waals surface area contributed by atoms with Crippen LogP contribution in [-0.4, -0.2) is 36.9 Å². The molecule has 21 heavy (non-hydrogen) atoms. The molecule has 0 radical (unpaired) electrons. The van der Waals surface area contributed by atoms with Gasteiger partial charge in [-0.15, -0.1) is 0 Å². The van der Waals surface area contributed by atoms with Gasteiger partial charge in [0.1, 0.15) is 22.0 Å². The van der Waals surface area contributed by atoms with E-state index in [-0.39, 0.29) is 22.0 Å². The zero-order valence-electron chi connectivity index (χ0n) is 12.1. The number of sulfonamides is 1. The average Bonchev–Trinajstić information content (AvgIpc) is 3.00. The molecular weight excluding hydrogens is 294 g/mol. The SMILES string of the molecule is Cc1oc(C)c(S(=O)(=O)N2C[C@H]3CCC[C@@H]3C2)c1C(=O)O. The molecule has 1 aromatic rings. The van der Waals surface area contributed by atoms with Crippen molar-refractivity contribution in [2.75, 3.05) is 13.1 Å². The van der Waals surface area contributed by atoms with Crippen molar-refractivity contribution in [2.24, 2.45) is 11.8 Å². The number of furan rings is 1. The maximum absolute atomic E-state index is 12.8. The number of aryl methyl sites for hydroxylation is 2. The molecule has 3 rings (SSSR count). The Kier molecular flexibility index (Phi) is 3.37. The lowest BCUT2D eigenvalue weighted by molar-refractivity contribution is 0.0691. The number of hydrogen-bond acceptors (Lipinski definition) is 4. The normalized spacial score (nSPS) is 26.2. The van der Waals surface area contributed by atoms with Crippen molar-refractivity contribution in [1.82, 2.24) is 4.31 Å². The van der Waals surface area contributed by atoms with Crippen LogP contribution in [0.15, 0.2) is 9.31 Å². The van der Waals surface area contributed by atoms with Crippen LogP contribution in [-0.2, 0) is 10.0 Å². The number of aromatic carboxylic acids is 1. The van der Waals surface area contributed by atoms with Crippen molar-refractivity contribution in [2.45, 2.75) is 38.0 Å². The Bertz CT molecular complexity index is 678. The van der Waals surface area contributed by atoms with E-state index >= 15 is 0 Å². The lowest BCUT2D eigenvalue weighted by Crippen LogP contribution is -2.31. The number of carboxylic acid groups (broad SMARTS) is 1. The van der Waals surface area contributed by atoms with Gasteiger partial charge in [-0.25, -0.2) is 13.2 Å². The summed E-state index contributed by atoms with van der Waals surface area (Å²) in [6, 6.07) is 0. The summed E-state index contributed by atoms with van der Waals surface area (Å²) >= 11 is 0. The molecule has 2 atom stereocenters.